The van der Waals surface area contributed by atoms with Gasteiger partial charge in [0.1, 0.15) is 0 Å². The van der Waals surface area contributed by atoms with Gasteiger partial charge in [0.05, 0.1) is 18.6 Å². The molecule has 4 heteroatoms. The standard InChI is InChI=1S/C17H21N3S/c1-17(10-9-14-6-3-2-4-7-14)13-19-16(18)20(17)12-15-8-5-11-21-15/h2-8,11H,9-10,12-13H2,1H3,(H2,18,19). The molecule has 2 aromatic rings. The predicted octanol–water partition coefficient (Wildman–Crippen LogP) is 3.27. The van der Waals surface area contributed by atoms with Crippen LogP contribution in [0.4, 0.5) is 0 Å². The minimum absolute atomic E-state index is 0.0178. The Bertz CT molecular complexity index is 606. The molecule has 1 aromatic heterocycles. The first-order chi connectivity index (χ1) is 10.2. The molecule has 21 heavy (non-hydrogen) atoms. The van der Waals surface area contributed by atoms with E-state index in [1.54, 1.807) is 11.3 Å². The first-order valence-corrected chi connectivity index (χ1v) is 8.19. The second kappa shape index (κ2) is 5.90. The Morgan fingerprint density at radius 2 is 2.05 bits per heavy atom. The van der Waals surface area contributed by atoms with Gasteiger partial charge in [-0.3, -0.25) is 4.99 Å². The lowest BCUT2D eigenvalue weighted by atomic mass is 9.92. The summed E-state index contributed by atoms with van der Waals surface area (Å²) >= 11 is 1.77. The topological polar surface area (TPSA) is 41.6 Å². The zero-order valence-corrected chi connectivity index (χ0v) is 13.1. The average Bonchev–Trinajstić information content (AvgIpc) is 3.11. The fourth-order valence-electron chi connectivity index (χ4n) is 2.80. The third-order valence-corrected chi connectivity index (χ3v) is 5.06. The largest absolute Gasteiger partial charge is 0.370 e. The summed E-state index contributed by atoms with van der Waals surface area (Å²) in [5.74, 6) is 0.680. The van der Waals surface area contributed by atoms with Crippen molar-refractivity contribution in [3.05, 3.63) is 58.3 Å². The number of hydrogen-bond acceptors (Lipinski definition) is 4. The highest BCUT2D eigenvalue weighted by Crippen LogP contribution is 2.29. The zero-order valence-electron chi connectivity index (χ0n) is 12.3. The summed E-state index contributed by atoms with van der Waals surface area (Å²) in [6, 6.07) is 14.9. The molecule has 0 fully saturated rings. The van der Waals surface area contributed by atoms with Crippen molar-refractivity contribution >= 4 is 17.3 Å². The van der Waals surface area contributed by atoms with E-state index in [1.165, 1.54) is 10.4 Å². The van der Waals surface area contributed by atoms with Crippen LogP contribution in [0.5, 0.6) is 0 Å². The second-order valence-electron chi connectivity index (χ2n) is 5.82. The van der Waals surface area contributed by atoms with Gasteiger partial charge in [-0.05, 0) is 36.8 Å². The monoisotopic (exact) mass is 299 g/mol. The zero-order chi connectivity index (χ0) is 14.7. The summed E-state index contributed by atoms with van der Waals surface area (Å²) in [6.07, 6.45) is 2.12. The number of thiophene rings is 1. The normalized spacial score (nSPS) is 21.6. The highest BCUT2D eigenvalue weighted by Gasteiger charge is 2.37. The van der Waals surface area contributed by atoms with Gasteiger partial charge in [-0.15, -0.1) is 11.3 Å². The van der Waals surface area contributed by atoms with Crippen LogP contribution in [0.15, 0.2) is 52.8 Å². The SMILES string of the molecule is CC1(CCc2ccccc2)CN=C(N)N1Cc1cccs1. The molecule has 0 radical (unpaired) electrons. The van der Waals surface area contributed by atoms with Crippen molar-refractivity contribution in [2.24, 2.45) is 10.7 Å². The molecule has 1 aliphatic heterocycles. The van der Waals surface area contributed by atoms with Crippen molar-refractivity contribution in [2.75, 3.05) is 6.54 Å². The summed E-state index contributed by atoms with van der Waals surface area (Å²) in [5.41, 5.74) is 7.51. The molecular weight excluding hydrogens is 278 g/mol. The summed E-state index contributed by atoms with van der Waals surface area (Å²) in [6.45, 7) is 3.92. The lowest BCUT2D eigenvalue weighted by molar-refractivity contribution is 0.202. The molecule has 1 aromatic carbocycles. The molecule has 1 aliphatic rings. The fourth-order valence-corrected chi connectivity index (χ4v) is 3.49. The quantitative estimate of drug-likeness (QED) is 0.920. The maximum Gasteiger partial charge on any atom is 0.192 e. The number of nitrogens with two attached hydrogens (primary N) is 1. The van der Waals surface area contributed by atoms with E-state index in [0.29, 0.717) is 5.96 Å². The number of hydrogen-bond donors (Lipinski definition) is 1. The Hall–Kier alpha value is -1.81. The van der Waals surface area contributed by atoms with Crippen LogP contribution in [-0.2, 0) is 13.0 Å². The van der Waals surface area contributed by atoms with Crippen molar-refractivity contribution in [3.8, 4) is 0 Å². The first kappa shape index (κ1) is 14.1. The van der Waals surface area contributed by atoms with Gasteiger partial charge in [-0.2, -0.15) is 0 Å². The highest BCUT2D eigenvalue weighted by atomic mass is 32.1. The summed E-state index contributed by atoms with van der Waals surface area (Å²) in [7, 11) is 0. The molecule has 0 spiro atoms. The molecule has 0 saturated carbocycles. The van der Waals surface area contributed by atoms with E-state index in [4.69, 9.17) is 5.73 Å². The van der Waals surface area contributed by atoms with E-state index in [0.717, 1.165) is 25.9 Å². The predicted molar refractivity (Wildman–Crippen MR) is 89.5 cm³/mol. The summed E-state index contributed by atoms with van der Waals surface area (Å²) in [4.78, 5) is 8.09. The molecule has 0 amide bonds. The number of aryl methyl sites for hydroxylation is 1. The van der Waals surface area contributed by atoms with Gasteiger partial charge in [0.15, 0.2) is 5.96 Å². The maximum atomic E-state index is 6.12. The van der Waals surface area contributed by atoms with Gasteiger partial charge in [0, 0.05) is 4.88 Å². The smallest absolute Gasteiger partial charge is 0.192 e. The molecule has 1 atom stereocenters. The molecule has 0 aliphatic carbocycles. The van der Waals surface area contributed by atoms with Crippen molar-refractivity contribution in [1.82, 2.24) is 4.90 Å². The maximum absolute atomic E-state index is 6.12. The van der Waals surface area contributed by atoms with Crippen LogP contribution < -0.4 is 5.73 Å². The Morgan fingerprint density at radius 1 is 1.24 bits per heavy atom. The van der Waals surface area contributed by atoms with Crippen LogP contribution in [0, 0.1) is 0 Å². The van der Waals surface area contributed by atoms with Crippen molar-refractivity contribution in [3.63, 3.8) is 0 Å². The van der Waals surface area contributed by atoms with E-state index in [9.17, 15) is 0 Å². The number of aliphatic imine (C=N–C) groups is 1. The molecule has 1 unspecified atom stereocenters. The van der Waals surface area contributed by atoms with Crippen LogP contribution in [0.3, 0.4) is 0 Å². The minimum Gasteiger partial charge on any atom is -0.370 e. The minimum atomic E-state index is 0.0178. The molecular formula is C17H21N3S. The third kappa shape index (κ3) is 3.10. The van der Waals surface area contributed by atoms with Crippen LogP contribution in [-0.4, -0.2) is 22.9 Å². The number of rotatable bonds is 5. The Morgan fingerprint density at radius 3 is 2.76 bits per heavy atom. The molecule has 0 saturated heterocycles. The van der Waals surface area contributed by atoms with Gasteiger partial charge >= 0.3 is 0 Å². The average molecular weight is 299 g/mol. The van der Waals surface area contributed by atoms with E-state index < -0.39 is 0 Å². The molecule has 3 rings (SSSR count). The van der Waals surface area contributed by atoms with Crippen molar-refractivity contribution in [2.45, 2.75) is 31.8 Å². The van der Waals surface area contributed by atoms with E-state index in [2.05, 4.69) is 64.7 Å². The van der Waals surface area contributed by atoms with E-state index in [1.807, 2.05) is 0 Å². The Balaban J connectivity index is 1.70. The molecule has 3 nitrogen and oxygen atoms in total. The van der Waals surface area contributed by atoms with Crippen molar-refractivity contribution in [1.29, 1.82) is 0 Å². The van der Waals surface area contributed by atoms with Crippen LogP contribution in [0.2, 0.25) is 0 Å². The van der Waals surface area contributed by atoms with Crippen LogP contribution in [0.1, 0.15) is 23.8 Å². The van der Waals surface area contributed by atoms with Crippen LogP contribution in [0.25, 0.3) is 0 Å². The molecule has 2 N–H and O–H groups in total. The number of guanidine groups is 1. The molecule has 2 heterocycles. The summed E-state index contributed by atoms with van der Waals surface area (Å²) in [5, 5.41) is 2.11. The first-order valence-electron chi connectivity index (χ1n) is 7.31. The number of nitrogens with zero attached hydrogens (tertiary/aromatic N) is 2. The lowest BCUT2D eigenvalue weighted by Gasteiger charge is -2.36. The van der Waals surface area contributed by atoms with E-state index in [-0.39, 0.29) is 5.54 Å². The van der Waals surface area contributed by atoms with Gasteiger partial charge in [-0.1, -0.05) is 36.4 Å². The lowest BCUT2D eigenvalue weighted by Crippen LogP contribution is -2.49. The Labute approximate surface area is 130 Å². The van der Waals surface area contributed by atoms with Crippen LogP contribution >= 0.6 is 11.3 Å². The summed E-state index contributed by atoms with van der Waals surface area (Å²) < 4.78 is 0. The van der Waals surface area contributed by atoms with Gasteiger partial charge < -0.3 is 10.6 Å². The second-order valence-corrected chi connectivity index (χ2v) is 6.85. The van der Waals surface area contributed by atoms with Crippen molar-refractivity contribution < 1.29 is 0 Å². The molecule has 0 bridgehead atoms. The highest BCUT2D eigenvalue weighted by molar-refractivity contribution is 7.09. The molecule has 110 valence electrons. The van der Waals surface area contributed by atoms with Gasteiger partial charge in [0.2, 0.25) is 0 Å². The van der Waals surface area contributed by atoms with Gasteiger partial charge in [0.25, 0.3) is 0 Å². The fraction of sp³-hybridized carbons (Fsp3) is 0.353. The Kier molecular flexibility index (Phi) is 3.97. The van der Waals surface area contributed by atoms with Gasteiger partial charge in [-0.25, -0.2) is 0 Å². The van der Waals surface area contributed by atoms with E-state index >= 15 is 0 Å². The number of benzene rings is 1. The third-order valence-electron chi connectivity index (χ3n) is 4.20.